The second-order valence-electron chi connectivity index (χ2n) is 4.84. The lowest BCUT2D eigenvalue weighted by molar-refractivity contribution is -0.389. The molecule has 0 amide bonds. The summed E-state index contributed by atoms with van der Waals surface area (Å²) >= 11 is 0. The third-order valence-corrected chi connectivity index (χ3v) is 3.25. The highest BCUT2D eigenvalue weighted by atomic mass is 16.7. The fraction of sp³-hybridized carbons (Fsp3) is 0.727. The maximum absolute atomic E-state index is 10.6. The molecule has 0 saturated carbocycles. The molecule has 0 aliphatic carbocycles. The molecule has 0 N–H and O–H groups in total. The van der Waals surface area contributed by atoms with Crippen molar-refractivity contribution >= 4 is 5.82 Å². The van der Waals surface area contributed by atoms with E-state index in [9.17, 15) is 10.1 Å². The fourth-order valence-electron chi connectivity index (χ4n) is 2.01. The Morgan fingerprint density at radius 2 is 2.42 bits per heavy atom. The molecule has 0 fully saturated rings. The van der Waals surface area contributed by atoms with Gasteiger partial charge >= 0.3 is 11.8 Å². The lowest BCUT2D eigenvalue weighted by atomic mass is 9.91. The molecule has 8 heteroatoms. The van der Waals surface area contributed by atoms with Crippen LogP contribution in [0.1, 0.15) is 13.8 Å². The summed E-state index contributed by atoms with van der Waals surface area (Å²) in [5.41, 5.74) is -0.560. The van der Waals surface area contributed by atoms with Gasteiger partial charge in [-0.2, -0.15) is 0 Å². The number of hydrogen-bond donors (Lipinski definition) is 0. The van der Waals surface area contributed by atoms with Crippen LogP contribution in [0.25, 0.3) is 0 Å². The molecule has 19 heavy (non-hydrogen) atoms. The Labute approximate surface area is 110 Å². The van der Waals surface area contributed by atoms with Crippen LogP contribution in [0.15, 0.2) is 6.20 Å². The average molecular weight is 271 g/mol. The maximum atomic E-state index is 10.6. The highest BCUT2D eigenvalue weighted by Crippen LogP contribution is 2.35. The van der Waals surface area contributed by atoms with Crippen molar-refractivity contribution < 1.29 is 19.1 Å². The molecule has 1 aromatic rings. The molecule has 1 atom stereocenters. The number of imidazole rings is 1. The van der Waals surface area contributed by atoms with Crippen LogP contribution >= 0.6 is 0 Å². The number of ether oxygens (including phenoxy) is 3. The van der Waals surface area contributed by atoms with Gasteiger partial charge in [0.1, 0.15) is 13.0 Å². The van der Waals surface area contributed by atoms with Crippen molar-refractivity contribution in [1.29, 1.82) is 0 Å². The Balaban J connectivity index is 2.13. The summed E-state index contributed by atoms with van der Waals surface area (Å²) in [5.74, 6) is -0.0321. The van der Waals surface area contributed by atoms with E-state index in [1.165, 1.54) is 6.20 Å². The SMILES string of the molecule is COCOCC1(C(C)C)Cn2cc([N+](=O)[O-])nc2O1. The Kier molecular flexibility index (Phi) is 3.72. The van der Waals surface area contributed by atoms with Gasteiger partial charge in [-0.3, -0.25) is 4.57 Å². The van der Waals surface area contributed by atoms with E-state index in [0.717, 1.165) is 0 Å². The van der Waals surface area contributed by atoms with Crippen molar-refractivity contribution in [1.82, 2.24) is 9.55 Å². The van der Waals surface area contributed by atoms with E-state index in [0.29, 0.717) is 13.2 Å². The molecule has 1 unspecified atom stereocenters. The molecule has 0 bridgehead atoms. The molecule has 1 aliphatic heterocycles. The van der Waals surface area contributed by atoms with E-state index in [4.69, 9.17) is 14.2 Å². The topological polar surface area (TPSA) is 88.7 Å². The zero-order valence-electron chi connectivity index (χ0n) is 11.2. The summed E-state index contributed by atoms with van der Waals surface area (Å²) in [4.78, 5) is 14.0. The molecule has 8 nitrogen and oxygen atoms in total. The third kappa shape index (κ3) is 2.54. The van der Waals surface area contributed by atoms with Crippen LogP contribution in [-0.4, -0.2) is 40.6 Å². The number of fused-ring (bicyclic) bond motifs is 1. The normalized spacial score (nSPS) is 21.5. The molecule has 0 saturated heterocycles. The van der Waals surface area contributed by atoms with Gasteiger partial charge in [0.2, 0.25) is 0 Å². The van der Waals surface area contributed by atoms with Crippen LogP contribution in [0.4, 0.5) is 5.82 Å². The van der Waals surface area contributed by atoms with E-state index < -0.39 is 10.5 Å². The Morgan fingerprint density at radius 3 is 2.95 bits per heavy atom. The highest BCUT2D eigenvalue weighted by Gasteiger charge is 2.46. The summed E-state index contributed by atoms with van der Waals surface area (Å²) in [5, 5.41) is 10.6. The number of rotatable bonds is 6. The number of nitro groups is 1. The van der Waals surface area contributed by atoms with Gasteiger partial charge in [0, 0.05) is 12.1 Å². The average Bonchev–Trinajstić information content (AvgIpc) is 2.85. The first-order valence-corrected chi connectivity index (χ1v) is 5.96. The van der Waals surface area contributed by atoms with Crippen molar-refractivity contribution in [2.24, 2.45) is 5.92 Å². The molecule has 0 radical (unpaired) electrons. The lowest BCUT2D eigenvalue weighted by Crippen LogP contribution is -2.45. The van der Waals surface area contributed by atoms with E-state index >= 15 is 0 Å². The van der Waals surface area contributed by atoms with E-state index in [1.807, 2.05) is 13.8 Å². The summed E-state index contributed by atoms with van der Waals surface area (Å²) in [6.07, 6.45) is 1.38. The monoisotopic (exact) mass is 271 g/mol. The molecule has 2 rings (SSSR count). The zero-order valence-corrected chi connectivity index (χ0v) is 11.2. The molecular formula is C11H17N3O5. The van der Waals surface area contributed by atoms with Crippen LogP contribution in [0.3, 0.4) is 0 Å². The summed E-state index contributed by atoms with van der Waals surface area (Å²) in [7, 11) is 1.55. The second kappa shape index (κ2) is 5.14. The first kappa shape index (κ1) is 13.8. The lowest BCUT2D eigenvalue weighted by Gasteiger charge is -2.30. The Bertz CT molecular complexity index is 447. The standard InChI is InChI=1S/C11H17N3O5/c1-8(2)11(6-18-7-17-3)5-13-4-9(14(15)16)12-10(13)19-11/h4,8H,5-7H2,1-3H3. The maximum Gasteiger partial charge on any atom is 0.415 e. The van der Waals surface area contributed by atoms with Crippen LogP contribution in [0, 0.1) is 16.0 Å². The highest BCUT2D eigenvalue weighted by molar-refractivity contribution is 5.24. The molecule has 1 aromatic heterocycles. The molecule has 1 aliphatic rings. The van der Waals surface area contributed by atoms with Gasteiger partial charge in [-0.25, -0.2) is 0 Å². The molecule has 0 aromatic carbocycles. The number of methoxy groups -OCH3 is 1. The van der Waals surface area contributed by atoms with Crippen LogP contribution in [0.5, 0.6) is 6.01 Å². The summed E-state index contributed by atoms with van der Waals surface area (Å²) in [6.45, 7) is 5.02. The van der Waals surface area contributed by atoms with Crippen molar-refractivity contribution in [3.8, 4) is 6.01 Å². The summed E-state index contributed by atoms with van der Waals surface area (Å²) < 4.78 is 17.7. The van der Waals surface area contributed by atoms with Crippen LogP contribution in [0.2, 0.25) is 0 Å². The number of nitrogens with zero attached hydrogens (tertiary/aromatic N) is 3. The van der Waals surface area contributed by atoms with E-state index in [-0.39, 0.29) is 24.5 Å². The predicted octanol–water partition coefficient (Wildman–Crippen LogP) is 1.20. The van der Waals surface area contributed by atoms with Gasteiger partial charge in [-0.15, -0.1) is 0 Å². The molecule has 106 valence electrons. The second-order valence-corrected chi connectivity index (χ2v) is 4.84. The quantitative estimate of drug-likeness (QED) is 0.334. The van der Waals surface area contributed by atoms with Gasteiger partial charge in [0.15, 0.2) is 5.60 Å². The number of aromatic nitrogens is 2. The van der Waals surface area contributed by atoms with E-state index in [1.54, 1.807) is 11.7 Å². The first-order valence-electron chi connectivity index (χ1n) is 5.96. The molecular weight excluding hydrogens is 254 g/mol. The van der Waals surface area contributed by atoms with Gasteiger partial charge in [-0.05, 0) is 10.8 Å². The van der Waals surface area contributed by atoms with Crippen molar-refractivity contribution in [3.63, 3.8) is 0 Å². The van der Waals surface area contributed by atoms with Gasteiger partial charge in [0.05, 0.1) is 13.2 Å². The fourth-order valence-corrected chi connectivity index (χ4v) is 2.01. The van der Waals surface area contributed by atoms with Crippen LogP contribution < -0.4 is 4.74 Å². The third-order valence-electron chi connectivity index (χ3n) is 3.25. The van der Waals surface area contributed by atoms with E-state index in [2.05, 4.69) is 4.98 Å². The van der Waals surface area contributed by atoms with Gasteiger partial charge in [-0.1, -0.05) is 13.8 Å². The van der Waals surface area contributed by atoms with Crippen molar-refractivity contribution in [3.05, 3.63) is 16.3 Å². The van der Waals surface area contributed by atoms with Crippen molar-refractivity contribution in [2.45, 2.75) is 26.0 Å². The summed E-state index contributed by atoms with van der Waals surface area (Å²) in [6, 6.07) is 0.265. The largest absolute Gasteiger partial charge is 0.435 e. The van der Waals surface area contributed by atoms with Gasteiger partial charge < -0.3 is 24.3 Å². The first-order chi connectivity index (χ1) is 8.98. The smallest absolute Gasteiger partial charge is 0.415 e. The molecule has 2 heterocycles. The minimum Gasteiger partial charge on any atom is -0.435 e. The minimum atomic E-state index is -0.560. The minimum absolute atomic E-state index is 0.171. The Morgan fingerprint density at radius 1 is 1.68 bits per heavy atom. The van der Waals surface area contributed by atoms with Gasteiger partial charge in [0.25, 0.3) is 0 Å². The predicted molar refractivity (Wildman–Crippen MR) is 64.9 cm³/mol. The number of hydrogen-bond acceptors (Lipinski definition) is 6. The molecule has 0 spiro atoms. The zero-order chi connectivity index (χ0) is 14.0. The van der Waals surface area contributed by atoms with Crippen LogP contribution in [-0.2, 0) is 16.0 Å². The Hall–Kier alpha value is -1.67. The van der Waals surface area contributed by atoms with Crippen molar-refractivity contribution in [2.75, 3.05) is 20.5 Å².